The molecule has 1 aromatic rings. The van der Waals surface area contributed by atoms with Gasteiger partial charge in [-0.1, -0.05) is 25.3 Å². The van der Waals surface area contributed by atoms with Gasteiger partial charge in [0.15, 0.2) is 0 Å². The van der Waals surface area contributed by atoms with Crippen LogP contribution in [-0.2, 0) is 35.0 Å². The van der Waals surface area contributed by atoms with Crippen LogP contribution in [0.5, 0.6) is 5.75 Å². The molecule has 0 unspecified atom stereocenters. The molecule has 1 aromatic carbocycles. The molecule has 0 bridgehead atoms. The highest BCUT2D eigenvalue weighted by molar-refractivity contribution is 5.81. The number of alkyl carbamates (subject to hydrolysis) is 1. The van der Waals surface area contributed by atoms with Crippen LogP contribution >= 0.6 is 0 Å². The highest BCUT2D eigenvalue weighted by atomic mass is 16.6. The smallest absolute Gasteiger partial charge is 0.407 e. The predicted molar refractivity (Wildman–Crippen MR) is 113 cm³/mol. The number of amides is 1. The van der Waals surface area contributed by atoms with E-state index >= 15 is 0 Å². The first-order chi connectivity index (χ1) is 15.0. The zero-order valence-corrected chi connectivity index (χ0v) is 17.5. The van der Waals surface area contributed by atoms with Gasteiger partial charge in [0.25, 0.3) is 0 Å². The van der Waals surface area contributed by atoms with Crippen LogP contribution in [0.15, 0.2) is 49.6 Å². The van der Waals surface area contributed by atoms with E-state index in [0.29, 0.717) is 45.0 Å². The maximum Gasteiger partial charge on any atom is 0.407 e. The number of rotatable bonds is 16. The number of nitrogens with one attached hydrogen (secondary N) is 1. The second kappa shape index (κ2) is 16.5. The third-order valence-corrected chi connectivity index (χ3v) is 3.68. The number of hydrogen-bond acceptors (Lipinski definition) is 8. The van der Waals surface area contributed by atoms with Gasteiger partial charge in [0, 0.05) is 25.1 Å². The lowest BCUT2D eigenvalue weighted by molar-refractivity contribution is -0.138. The molecule has 0 atom stereocenters. The summed E-state index contributed by atoms with van der Waals surface area (Å²) in [6.07, 6.45) is 2.74. The fourth-order valence-electron chi connectivity index (χ4n) is 2.14. The molecule has 0 heterocycles. The second-order valence-electron chi connectivity index (χ2n) is 6.01. The first-order valence-electron chi connectivity index (χ1n) is 9.83. The average molecular weight is 435 g/mol. The van der Waals surface area contributed by atoms with Gasteiger partial charge in [0.05, 0.1) is 26.4 Å². The van der Waals surface area contributed by atoms with Crippen LogP contribution in [0.3, 0.4) is 0 Å². The number of carbonyl (C=O) groups is 3. The van der Waals surface area contributed by atoms with E-state index < -0.39 is 18.0 Å². The van der Waals surface area contributed by atoms with E-state index in [1.807, 2.05) is 24.3 Å². The molecular formula is C22H29NO8. The Morgan fingerprint density at radius 3 is 2.13 bits per heavy atom. The molecule has 0 aliphatic rings. The number of hydrogen-bond donors (Lipinski definition) is 1. The Bertz CT molecular complexity index is 702. The first-order valence-corrected chi connectivity index (χ1v) is 9.83. The van der Waals surface area contributed by atoms with E-state index in [0.717, 1.165) is 17.7 Å². The summed E-state index contributed by atoms with van der Waals surface area (Å²) in [6.45, 7) is 8.50. The Hall–Kier alpha value is -3.33. The Balaban J connectivity index is 1.99. The number of carbonyl (C=O) groups excluding carboxylic acids is 3. The van der Waals surface area contributed by atoms with Crippen molar-refractivity contribution in [3.8, 4) is 5.75 Å². The van der Waals surface area contributed by atoms with E-state index in [4.69, 9.17) is 23.7 Å². The molecule has 1 rings (SSSR count). The number of esters is 2. The minimum absolute atomic E-state index is 0.113. The molecule has 0 aromatic heterocycles. The van der Waals surface area contributed by atoms with E-state index in [2.05, 4.69) is 18.5 Å². The van der Waals surface area contributed by atoms with Crippen molar-refractivity contribution in [2.24, 2.45) is 0 Å². The van der Waals surface area contributed by atoms with Gasteiger partial charge >= 0.3 is 18.0 Å². The average Bonchev–Trinajstić information content (AvgIpc) is 2.78. The van der Waals surface area contributed by atoms with Gasteiger partial charge < -0.3 is 29.0 Å². The monoisotopic (exact) mass is 435 g/mol. The largest absolute Gasteiger partial charge is 0.491 e. The number of benzene rings is 1. The van der Waals surface area contributed by atoms with Crippen LogP contribution < -0.4 is 10.1 Å². The zero-order valence-electron chi connectivity index (χ0n) is 17.5. The maximum absolute atomic E-state index is 11.4. The summed E-state index contributed by atoms with van der Waals surface area (Å²) in [5.74, 6) is -0.232. The van der Waals surface area contributed by atoms with Crippen LogP contribution in [0.2, 0.25) is 0 Å². The molecule has 0 spiro atoms. The third kappa shape index (κ3) is 13.5. The molecular weight excluding hydrogens is 406 g/mol. The van der Waals surface area contributed by atoms with Crippen molar-refractivity contribution in [3.63, 3.8) is 0 Å². The standard InChI is InChI=1S/C22H29NO8/c1-3-20(24)29-12-5-11-23-22(26)31-17-15-27-14-16-28-19-8-6-18(7-9-19)10-13-30-21(25)4-2/h3-4,6-9H,1-2,5,10-17H2,(H,23,26). The molecule has 0 radical (unpaired) electrons. The van der Waals surface area contributed by atoms with Gasteiger partial charge in [0.1, 0.15) is 19.0 Å². The summed E-state index contributed by atoms with van der Waals surface area (Å²) in [5, 5.41) is 2.54. The summed E-state index contributed by atoms with van der Waals surface area (Å²) in [7, 11) is 0. The normalized spacial score (nSPS) is 9.94. The van der Waals surface area contributed by atoms with Gasteiger partial charge in [-0.05, 0) is 24.1 Å². The van der Waals surface area contributed by atoms with E-state index in [-0.39, 0.29) is 19.8 Å². The molecule has 1 amide bonds. The van der Waals surface area contributed by atoms with Crippen molar-refractivity contribution in [3.05, 3.63) is 55.1 Å². The van der Waals surface area contributed by atoms with Crippen LogP contribution in [0, 0.1) is 0 Å². The SMILES string of the molecule is C=CC(=O)OCCCNC(=O)OCCOCCOc1ccc(CCOC(=O)C=C)cc1. The van der Waals surface area contributed by atoms with Gasteiger partial charge in [-0.2, -0.15) is 0 Å². The molecule has 9 heteroatoms. The Morgan fingerprint density at radius 2 is 1.45 bits per heavy atom. The Labute approximate surface area is 181 Å². The maximum atomic E-state index is 11.4. The van der Waals surface area contributed by atoms with Gasteiger partial charge in [0.2, 0.25) is 0 Å². The topological polar surface area (TPSA) is 109 Å². The molecule has 0 fully saturated rings. The van der Waals surface area contributed by atoms with Crippen molar-refractivity contribution >= 4 is 18.0 Å². The fourth-order valence-corrected chi connectivity index (χ4v) is 2.14. The Kier molecular flexibility index (Phi) is 13.7. The Morgan fingerprint density at radius 1 is 0.806 bits per heavy atom. The van der Waals surface area contributed by atoms with Gasteiger partial charge in [-0.25, -0.2) is 14.4 Å². The summed E-state index contributed by atoms with van der Waals surface area (Å²) in [5.41, 5.74) is 1.02. The quantitative estimate of drug-likeness (QED) is 0.182. The van der Waals surface area contributed by atoms with Gasteiger partial charge in [-0.3, -0.25) is 0 Å². The zero-order chi connectivity index (χ0) is 22.7. The van der Waals surface area contributed by atoms with Crippen LogP contribution in [0.25, 0.3) is 0 Å². The van der Waals surface area contributed by atoms with E-state index in [1.165, 1.54) is 0 Å². The van der Waals surface area contributed by atoms with Crippen molar-refractivity contribution in [1.82, 2.24) is 5.32 Å². The van der Waals surface area contributed by atoms with Crippen LogP contribution in [0.1, 0.15) is 12.0 Å². The summed E-state index contributed by atoms with van der Waals surface area (Å²) >= 11 is 0. The van der Waals surface area contributed by atoms with E-state index in [1.54, 1.807) is 0 Å². The number of ether oxygens (including phenoxy) is 5. The van der Waals surface area contributed by atoms with Crippen molar-refractivity contribution < 1.29 is 38.1 Å². The molecule has 1 N–H and O–H groups in total. The van der Waals surface area contributed by atoms with Gasteiger partial charge in [-0.15, -0.1) is 0 Å². The van der Waals surface area contributed by atoms with Crippen LogP contribution in [-0.4, -0.2) is 64.2 Å². The molecule has 31 heavy (non-hydrogen) atoms. The van der Waals surface area contributed by atoms with Crippen molar-refractivity contribution in [2.75, 3.05) is 46.2 Å². The van der Waals surface area contributed by atoms with Crippen LogP contribution in [0.4, 0.5) is 4.79 Å². The lowest BCUT2D eigenvalue weighted by Crippen LogP contribution is -2.27. The minimum atomic E-state index is -0.561. The first kappa shape index (κ1) is 25.7. The molecule has 170 valence electrons. The summed E-state index contributed by atoms with van der Waals surface area (Å²) in [4.78, 5) is 33.2. The highest BCUT2D eigenvalue weighted by Crippen LogP contribution is 2.12. The van der Waals surface area contributed by atoms with Crippen molar-refractivity contribution in [1.29, 1.82) is 0 Å². The molecule has 0 aliphatic heterocycles. The fraction of sp³-hybridized carbons (Fsp3) is 0.409. The predicted octanol–water partition coefficient (Wildman–Crippen LogP) is 2.20. The summed E-state index contributed by atoms with van der Waals surface area (Å²) < 4.78 is 25.6. The highest BCUT2D eigenvalue weighted by Gasteiger charge is 2.02. The van der Waals surface area contributed by atoms with E-state index in [9.17, 15) is 14.4 Å². The molecule has 0 saturated carbocycles. The van der Waals surface area contributed by atoms with Crippen molar-refractivity contribution in [2.45, 2.75) is 12.8 Å². The lowest BCUT2D eigenvalue weighted by atomic mass is 10.1. The lowest BCUT2D eigenvalue weighted by Gasteiger charge is -2.09. The minimum Gasteiger partial charge on any atom is -0.491 e. The molecule has 0 aliphatic carbocycles. The second-order valence-corrected chi connectivity index (χ2v) is 6.01. The third-order valence-electron chi connectivity index (χ3n) is 3.68. The molecule has 0 saturated heterocycles. The molecule has 9 nitrogen and oxygen atoms in total. The summed E-state index contributed by atoms with van der Waals surface area (Å²) in [6, 6.07) is 7.45.